The van der Waals surface area contributed by atoms with Gasteiger partial charge in [-0.15, -0.1) is 0 Å². The number of hydrogen-bond donors (Lipinski definition) is 2. The molecule has 1 heterocycles. The predicted molar refractivity (Wildman–Crippen MR) is 81.9 cm³/mol. The van der Waals surface area contributed by atoms with Crippen molar-refractivity contribution in [2.75, 3.05) is 26.9 Å². The van der Waals surface area contributed by atoms with Gasteiger partial charge in [-0.25, -0.2) is 0 Å². The second kappa shape index (κ2) is 9.15. The molecule has 0 bridgehead atoms. The summed E-state index contributed by atoms with van der Waals surface area (Å²) in [6, 6.07) is 2.90. The van der Waals surface area contributed by atoms with E-state index >= 15 is 0 Å². The van der Waals surface area contributed by atoms with Gasteiger partial charge in [-0.3, -0.25) is 16.0 Å². The highest BCUT2D eigenvalue weighted by molar-refractivity contribution is 5.02. The molecule has 0 amide bonds. The minimum atomic E-state index is 0.194. The lowest BCUT2D eigenvalue weighted by molar-refractivity contribution is 0.0657. The van der Waals surface area contributed by atoms with E-state index in [1.54, 1.807) is 7.11 Å². The van der Waals surface area contributed by atoms with Crippen molar-refractivity contribution >= 4 is 0 Å². The lowest BCUT2D eigenvalue weighted by Crippen LogP contribution is -2.37. The molecule has 0 saturated heterocycles. The molecule has 1 unspecified atom stereocenters. The highest BCUT2D eigenvalue weighted by Crippen LogP contribution is 2.28. The molecular formula is C15H28N4O2. The number of nitrogens with one attached hydrogen (secondary N) is 1. The van der Waals surface area contributed by atoms with E-state index < -0.39 is 0 Å². The molecule has 6 nitrogen and oxygen atoms in total. The van der Waals surface area contributed by atoms with Crippen molar-refractivity contribution in [1.29, 1.82) is 0 Å². The molecule has 2 rings (SSSR count). The average molecular weight is 296 g/mol. The molecule has 1 aromatic rings. The number of nitrogens with zero attached hydrogens (tertiary/aromatic N) is 2. The number of aromatic nitrogens is 2. The first-order valence-electron chi connectivity index (χ1n) is 7.90. The quantitative estimate of drug-likeness (QED) is 0.388. The number of rotatable bonds is 10. The second-order valence-electron chi connectivity index (χ2n) is 5.69. The number of methoxy groups -OCH3 is 1. The molecule has 3 N–H and O–H groups in total. The summed E-state index contributed by atoms with van der Waals surface area (Å²) in [7, 11) is 1.67. The normalized spacial score (nSPS) is 17.4. The zero-order valence-electron chi connectivity index (χ0n) is 13.0. The monoisotopic (exact) mass is 296 g/mol. The molecule has 0 radical (unpaired) electrons. The Morgan fingerprint density at radius 3 is 2.90 bits per heavy atom. The fourth-order valence-corrected chi connectivity index (χ4v) is 2.83. The van der Waals surface area contributed by atoms with Crippen LogP contribution in [0.5, 0.6) is 0 Å². The Labute approximate surface area is 126 Å². The van der Waals surface area contributed by atoms with Gasteiger partial charge in [0.05, 0.1) is 24.9 Å². The summed E-state index contributed by atoms with van der Waals surface area (Å²) in [6.07, 6.45) is 8.98. The lowest BCUT2D eigenvalue weighted by Gasteiger charge is -2.15. The Bertz CT molecular complexity index is 391. The fraction of sp³-hybridized carbons (Fsp3) is 0.800. The van der Waals surface area contributed by atoms with Crippen molar-refractivity contribution in [3.8, 4) is 0 Å². The van der Waals surface area contributed by atoms with Crippen LogP contribution < -0.4 is 11.3 Å². The maximum absolute atomic E-state index is 5.63. The van der Waals surface area contributed by atoms with Gasteiger partial charge in [0.2, 0.25) is 0 Å². The van der Waals surface area contributed by atoms with Gasteiger partial charge in [0.1, 0.15) is 0 Å². The summed E-state index contributed by atoms with van der Waals surface area (Å²) in [5.41, 5.74) is 3.96. The van der Waals surface area contributed by atoms with E-state index in [-0.39, 0.29) is 6.04 Å². The van der Waals surface area contributed by atoms with Crippen LogP contribution in [0, 0.1) is 0 Å². The molecule has 1 saturated carbocycles. The molecule has 0 aromatic carbocycles. The molecule has 1 aromatic heterocycles. The number of hydrogen-bond acceptors (Lipinski definition) is 5. The molecule has 0 aliphatic heterocycles. The first kappa shape index (κ1) is 16.4. The van der Waals surface area contributed by atoms with E-state index in [0.29, 0.717) is 25.9 Å². The van der Waals surface area contributed by atoms with Gasteiger partial charge in [0, 0.05) is 32.4 Å². The summed E-state index contributed by atoms with van der Waals surface area (Å²) in [6.45, 7) is 1.94. The van der Waals surface area contributed by atoms with Crippen molar-refractivity contribution < 1.29 is 9.47 Å². The van der Waals surface area contributed by atoms with Crippen molar-refractivity contribution in [2.45, 2.75) is 50.6 Å². The van der Waals surface area contributed by atoms with Gasteiger partial charge in [-0.05, 0) is 25.3 Å². The van der Waals surface area contributed by atoms with Crippen LogP contribution in [0.4, 0.5) is 0 Å². The minimum absolute atomic E-state index is 0.194. The van der Waals surface area contributed by atoms with Crippen molar-refractivity contribution in [2.24, 2.45) is 5.84 Å². The molecular weight excluding hydrogens is 268 g/mol. The van der Waals surface area contributed by atoms with E-state index in [2.05, 4.69) is 22.4 Å². The fourth-order valence-electron chi connectivity index (χ4n) is 2.83. The van der Waals surface area contributed by atoms with E-state index in [1.165, 1.54) is 25.7 Å². The topological polar surface area (TPSA) is 74.3 Å². The van der Waals surface area contributed by atoms with Gasteiger partial charge < -0.3 is 9.47 Å². The molecule has 6 heteroatoms. The highest BCUT2D eigenvalue weighted by Gasteiger charge is 2.18. The Kier molecular flexibility index (Phi) is 7.15. The molecule has 0 spiro atoms. The Morgan fingerprint density at radius 2 is 2.19 bits per heavy atom. The average Bonchev–Trinajstić information content (AvgIpc) is 3.16. The Hall–Kier alpha value is -0.950. The third-order valence-electron chi connectivity index (χ3n) is 4.10. The summed E-state index contributed by atoms with van der Waals surface area (Å²) in [5, 5.41) is 4.70. The summed E-state index contributed by atoms with van der Waals surface area (Å²) in [4.78, 5) is 0. The molecule has 1 fully saturated rings. The van der Waals surface area contributed by atoms with Crippen LogP contribution in [0.2, 0.25) is 0 Å². The Morgan fingerprint density at radius 1 is 1.38 bits per heavy atom. The maximum Gasteiger partial charge on any atom is 0.0700 e. The first-order chi connectivity index (χ1) is 10.3. The van der Waals surface area contributed by atoms with Crippen LogP contribution in [0.15, 0.2) is 12.3 Å². The van der Waals surface area contributed by atoms with E-state index in [9.17, 15) is 0 Å². The van der Waals surface area contributed by atoms with E-state index in [1.807, 2.05) is 0 Å². The third-order valence-corrected chi connectivity index (χ3v) is 4.10. The standard InChI is InChI=1S/C15H28N4O2/c1-20-10-11-21-9-7-13(17-16)12-14-6-8-19(18-14)15-4-2-3-5-15/h6,8,13,15,17H,2-5,7,9-12,16H2,1H3. The summed E-state index contributed by atoms with van der Waals surface area (Å²) >= 11 is 0. The highest BCUT2D eigenvalue weighted by atomic mass is 16.5. The minimum Gasteiger partial charge on any atom is -0.382 e. The van der Waals surface area contributed by atoms with Gasteiger partial charge in [0.15, 0.2) is 0 Å². The second-order valence-corrected chi connectivity index (χ2v) is 5.69. The summed E-state index contributed by atoms with van der Waals surface area (Å²) < 4.78 is 12.6. The molecule has 1 aliphatic carbocycles. The van der Waals surface area contributed by atoms with Crippen molar-refractivity contribution in [3.63, 3.8) is 0 Å². The first-order valence-corrected chi connectivity index (χ1v) is 7.90. The van der Waals surface area contributed by atoms with E-state index in [0.717, 1.165) is 18.5 Å². The van der Waals surface area contributed by atoms with Gasteiger partial charge in [0.25, 0.3) is 0 Å². The van der Waals surface area contributed by atoms with Crippen LogP contribution in [-0.2, 0) is 15.9 Å². The van der Waals surface area contributed by atoms with Gasteiger partial charge in [-0.2, -0.15) is 5.10 Å². The van der Waals surface area contributed by atoms with Gasteiger partial charge in [-0.1, -0.05) is 12.8 Å². The van der Waals surface area contributed by atoms with Crippen LogP contribution in [-0.4, -0.2) is 42.8 Å². The maximum atomic E-state index is 5.63. The number of hydrazine groups is 1. The largest absolute Gasteiger partial charge is 0.382 e. The molecule has 120 valence electrons. The zero-order chi connectivity index (χ0) is 14.9. The lowest BCUT2D eigenvalue weighted by atomic mass is 10.1. The third kappa shape index (κ3) is 5.39. The van der Waals surface area contributed by atoms with Crippen LogP contribution in [0.1, 0.15) is 43.8 Å². The van der Waals surface area contributed by atoms with Crippen LogP contribution in [0.3, 0.4) is 0 Å². The molecule has 21 heavy (non-hydrogen) atoms. The van der Waals surface area contributed by atoms with Crippen LogP contribution >= 0.6 is 0 Å². The van der Waals surface area contributed by atoms with Crippen LogP contribution in [0.25, 0.3) is 0 Å². The molecule has 1 aliphatic rings. The van der Waals surface area contributed by atoms with Crippen molar-refractivity contribution in [3.05, 3.63) is 18.0 Å². The Balaban J connectivity index is 1.73. The molecule has 1 atom stereocenters. The predicted octanol–water partition coefficient (Wildman–Crippen LogP) is 1.43. The van der Waals surface area contributed by atoms with E-state index in [4.69, 9.17) is 20.4 Å². The SMILES string of the molecule is COCCOCCC(Cc1ccn(C2CCCC2)n1)NN. The number of nitrogens with two attached hydrogens (primary N) is 1. The van der Waals surface area contributed by atoms with Gasteiger partial charge >= 0.3 is 0 Å². The smallest absolute Gasteiger partial charge is 0.0700 e. The number of ether oxygens (including phenoxy) is 2. The van der Waals surface area contributed by atoms with Crippen molar-refractivity contribution in [1.82, 2.24) is 15.2 Å². The zero-order valence-corrected chi connectivity index (χ0v) is 13.0. The summed E-state index contributed by atoms with van der Waals surface area (Å²) in [5.74, 6) is 5.63.